The molecule has 100 valence electrons. The van der Waals surface area contributed by atoms with Crippen LogP contribution in [0.1, 0.15) is 35.6 Å². The van der Waals surface area contributed by atoms with Crippen molar-refractivity contribution in [2.75, 3.05) is 0 Å². The van der Waals surface area contributed by atoms with E-state index >= 15 is 0 Å². The average Bonchev–Trinajstić information content (AvgIpc) is 2.64. The van der Waals surface area contributed by atoms with Crippen LogP contribution in [0.25, 0.3) is 5.82 Å². The van der Waals surface area contributed by atoms with Crippen molar-refractivity contribution in [3.05, 3.63) is 40.3 Å². The molecule has 5 heteroatoms. The molecule has 19 heavy (non-hydrogen) atoms. The van der Waals surface area contributed by atoms with Crippen LogP contribution < -0.4 is 0 Å². The van der Waals surface area contributed by atoms with E-state index in [0.717, 1.165) is 11.4 Å². The van der Waals surface area contributed by atoms with Gasteiger partial charge in [-0.05, 0) is 19.9 Å². The number of halogens is 1. The second-order valence-electron chi connectivity index (χ2n) is 4.81. The maximum atomic E-state index is 12.2. The predicted molar refractivity (Wildman–Crippen MR) is 75.0 cm³/mol. The van der Waals surface area contributed by atoms with Gasteiger partial charge >= 0.3 is 0 Å². The standard InChI is InChI=1S/C14H16ClN3O/c1-8(2)14(19)13-9(3)17-18(10(13)4)12-7-11(15)5-6-16-12/h5-8H,1-4H3. The molecular weight excluding hydrogens is 262 g/mol. The molecule has 2 aromatic rings. The second-order valence-corrected chi connectivity index (χ2v) is 5.25. The molecule has 2 heterocycles. The molecule has 4 nitrogen and oxygen atoms in total. The molecule has 2 rings (SSSR count). The summed E-state index contributed by atoms with van der Waals surface area (Å²) in [5.74, 6) is 0.668. The summed E-state index contributed by atoms with van der Waals surface area (Å²) in [5, 5.41) is 4.99. The topological polar surface area (TPSA) is 47.8 Å². The van der Waals surface area contributed by atoms with Crippen molar-refractivity contribution in [1.82, 2.24) is 14.8 Å². The van der Waals surface area contributed by atoms with E-state index in [9.17, 15) is 4.79 Å². The van der Waals surface area contributed by atoms with Gasteiger partial charge in [0.15, 0.2) is 11.6 Å². The molecule has 0 aliphatic rings. The number of nitrogens with zero attached hydrogens (tertiary/aromatic N) is 3. The van der Waals surface area contributed by atoms with E-state index in [1.165, 1.54) is 0 Å². The molecule has 0 N–H and O–H groups in total. The van der Waals surface area contributed by atoms with Gasteiger partial charge in [-0.25, -0.2) is 9.67 Å². The zero-order valence-corrected chi connectivity index (χ0v) is 12.2. The minimum Gasteiger partial charge on any atom is -0.294 e. The summed E-state index contributed by atoms with van der Waals surface area (Å²) >= 11 is 5.96. The fourth-order valence-corrected chi connectivity index (χ4v) is 2.17. The van der Waals surface area contributed by atoms with Crippen LogP contribution in [0.4, 0.5) is 0 Å². The zero-order chi connectivity index (χ0) is 14.2. The summed E-state index contributed by atoms with van der Waals surface area (Å²) in [7, 11) is 0. The Labute approximate surface area is 117 Å². The molecule has 0 saturated carbocycles. The molecule has 2 aromatic heterocycles. The van der Waals surface area contributed by atoms with Crippen LogP contribution in [0, 0.1) is 19.8 Å². The highest BCUT2D eigenvalue weighted by Crippen LogP contribution is 2.21. The number of rotatable bonds is 3. The SMILES string of the molecule is Cc1nn(-c2cc(Cl)ccn2)c(C)c1C(=O)C(C)C. The van der Waals surface area contributed by atoms with E-state index in [2.05, 4.69) is 10.1 Å². The Hall–Kier alpha value is -1.68. The van der Waals surface area contributed by atoms with E-state index < -0.39 is 0 Å². The molecule has 0 aliphatic carbocycles. The van der Waals surface area contributed by atoms with Gasteiger partial charge in [-0.1, -0.05) is 25.4 Å². The van der Waals surface area contributed by atoms with Crippen LogP contribution in [0.3, 0.4) is 0 Å². The van der Waals surface area contributed by atoms with Gasteiger partial charge in [0.25, 0.3) is 0 Å². The van der Waals surface area contributed by atoms with Crippen molar-refractivity contribution in [2.45, 2.75) is 27.7 Å². The first-order valence-electron chi connectivity index (χ1n) is 6.14. The van der Waals surface area contributed by atoms with Crippen molar-refractivity contribution < 1.29 is 4.79 Å². The highest BCUT2D eigenvalue weighted by Gasteiger charge is 2.21. The molecule has 0 saturated heterocycles. The number of hydrogen-bond acceptors (Lipinski definition) is 3. The molecule has 0 amide bonds. The normalized spacial score (nSPS) is 11.1. The zero-order valence-electron chi connectivity index (χ0n) is 11.4. The van der Waals surface area contributed by atoms with Gasteiger partial charge in [0.1, 0.15) is 0 Å². The lowest BCUT2D eigenvalue weighted by molar-refractivity contribution is 0.0938. The first-order chi connectivity index (χ1) is 8.91. The number of ketones is 1. The van der Waals surface area contributed by atoms with Crippen molar-refractivity contribution in [1.29, 1.82) is 0 Å². The molecular formula is C14H16ClN3O. The summed E-state index contributed by atoms with van der Waals surface area (Å²) in [6, 6.07) is 3.43. The van der Waals surface area contributed by atoms with Crippen LogP contribution >= 0.6 is 11.6 Å². The molecule has 0 atom stereocenters. The van der Waals surface area contributed by atoms with Crippen molar-refractivity contribution in [3.8, 4) is 5.82 Å². The maximum absolute atomic E-state index is 12.2. The Morgan fingerprint density at radius 2 is 2.05 bits per heavy atom. The van der Waals surface area contributed by atoms with E-state index in [4.69, 9.17) is 11.6 Å². The number of hydrogen-bond donors (Lipinski definition) is 0. The Bertz CT molecular complexity index is 632. The summed E-state index contributed by atoms with van der Waals surface area (Å²) < 4.78 is 1.66. The smallest absolute Gasteiger partial charge is 0.169 e. The van der Waals surface area contributed by atoms with Gasteiger partial charge in [-0.2, -0.15) is 5.10 Å². The van der Waals surface area contributed by atoms with Crippen LogP contribution in [-0.4, -0.2) is 20.5 Å². The van der Waals surface area contributed by atoms with Gasteiger partial charge in [0.05, 0.1) is 17.0 Å². The number of aryl methyl sites for hydroxylation is 1. The number of carbonyl (C=O) groups is 1. The Morgan fingerprint density at radius 3 is 2.63 bits per heavy atom. The molecule has 0 bridgehead atoms. The van der Waals surface area contributed by atoms with Crippen LogP contribution in [-0.2, 0) is 0 Å². The van der Waals surface area contributed by atoms with E-state index in [1.54, 1.807) is 23.0 Å². The molecule has 0 fully saturated rings. The van der Waals surface area contributed by atoms with Gasteiger partial charge in [0, 0.05) is 23.2 Å². The number of aromatic nitrogens is 3. The lowest BCUT2D eigenvalue weighted by Gasteiger charge is -2.06. The number of carbonyl (C=O) groups excluding carboxylic acids is 1. The van der Waals surface area contributed by atoms with Crippen LogP contribution in [0.5, 0.6) is 0 Å². The summed E-state index contributed by atoms with van der Waals surface area (Å²) in [4.78, 5) is 16.4. The van der Waals surface area contributed by atoms with Crippen LogP contribution in [0.2, 0.25) is 5.02 Å². The predicted octanol–water partition coefficient (Wildman–Crippen LogP) is 3.38. The van der Waals surface area contributed by atoms with E-state index in [1.807, 2.05) is 27.7 Å². The molecule has 0 unspecified atom stereocenters. The van der Waals surface area contributed by atoms with E-state index in [0.29, 0.717) is 16.4 Å². The third-order valence-electron chi connectivity index (χ3n) is 2.99. The highest BCUT2D eigenvalue weighted by molar-refractivity contribution is 6.30. The van der Waals surface area contributed by atoms with Crippen molar-refractivity contribution >= 4 is 17.4 Å². The maximum Gasteiger partial charge on any atom is 0.169 e. The van der Waals surface area contributed by atoms with Crippen molar-refractivity contribution in [2.24, 2.45) is 5.92 Å². The Balaban J connectivity index is 2.56. The Morgan fingerprint density at radius 1 is 1.37 bits per heavy atom. The highest BCUT2D eigenvalue weighted by atomic mass is 35.5. The fourth-order valence-electron chi connectivity index (χ4n) is 2.02. The van der Waals surface area contributed by atoms with Gasteiger partial charge < -0.3 is 0 Å². The lowest BCUT2D eigenvalue weighted by Crippen LogP contribution is -2.10. The molecule has 0 spiro atoms. The second kappa shape index (κ2) is 5.13. The summed E-state index contributed by atoms with van der Waals surface area (Å²) in [6.07, 6.45) is 1.62. The minimum absolute atomic E-state index is 0.0534. The summed E-state index contributed by atoms with van der Waals surface area (Å²) in [5.41, 5.74) is 2.20. The molecule has 0 aliphatic heterocycles. The van der Waals surface area contributed by atoms with Crippen molar-refractivity contribution in [3.63, 3.8) is 0 Å². The quantitative estimate of drug-likeness (QED) is 0.808. The third kappa shape index (κ3) is 2.54. The Kier molecular flexibility index (Phi) is 3.71. The number of Topliss-reactive ketones (excluding diaryl/α,β-unsaturated/α-hetero) is 1. The van der Waals surface area contributed by atoms with E-state index in [-0.39, 0.29) is 11.7 Å². The monoisotopic (exact) mass is 277 g/mol. The number of pyridine rings is 1. The largest absolute Gasteiger partial charge is 0.294 e. The molecule has 0 radical (unpaired) electrons. The molecule has 0 aromatic carbocycles. The fraction of sp³-hybridized carbons (Fsp3) is 0.357. The van der Waals surface area contributed by atoms with Gasteiger partial charge in [-0.15, -0.1) is 0 Å². The minimum atomic E-state index is -0.0534. The lowest BCUT2D eigenvalue weighted by atomic mass is 10.00. The van der Waals surface area contributed by atoms with Gasteiger partial charge in [0.2, 0.25) is 0 Å². The van der Waals surface area contributed by atoms with Crippen LogP contribution in [0.15, 0.2) is 18.3 Å². The third-order valence-corrected chi connectivity index (χ3v) is 3.22. The average molecular weight is 278 g/mol. The summed E-state index contributed by atoms with van der Waals surface area (Å²) in [6.45, 7) is 7.48. The first kappa shape index (κ1) is 13.7. The van der Waals surface area contributed by atoms with Gasteiger partial charge in [-0.3, -0.25) is 4.79 Å². The first-order valence-corrected chi connectivity index (χ1v) is 6.52.